The molecule has 0 atom stereocenters. The molecule has 33 heavy (non-hydrogen) atoms. The maximum Gasteiger partial charge on any atom is 0.293 e. The van der Waals surface area contributed by atoms with E-state index in [2.05, 4.69) is 26.6 Å². The van der Waals surface area contributed by atoms with Crippen LogP contribution < -0.4 is 0 Å². The molecule has 2 heterocycles. The van der Waals surface area contributed by atoms with Gasteiger partial charge in [0.25, 0.3) is 11.1 Å². The van der Waals surface area contributed by atoms with Gasteiger partial charge >= 0.3 is 0 Å². The van der Waals surface area contributed by atoms with Crippen LogP contribution in [0.4, 0.5) is 4.79 Å². The van der Waals surface area contributed by atoms with Gasteiger partial charge in [-0.15, -0.1) is 0 Å². The van der Waals surface area contributed by atoms with Crippen molar-refractivity contribution in [3.8, 4) is 0 Å². The molecule has 0 N–H and O–H groups in total. The molecule has 1 aliphatic heterocycles. The van der Waals surface area contributed by atoms with Crippen LogP contribution in [0.2, 0.25) is 5.02 Å². The summed E-state index contributed by atoms with van der Waals surface area (Å²) in [6.07, 6.45) is 3.86. The number of nitrogens with zero attached hydrogens (tertiary/aromatic N) is 2. The average molecular weight is 538 g/mol. The predicted octanol–water partition coefficient (Wildman–Crippen LogP) is 7.34. The van der Waals surface area contributed by atoms with Crippen LogP contribution in [0.15, 0.2) is 88.4 Å². The van der Waals surface area contributed by atoms with Crippen LogP contribution in [0, 0.1) is 0 Å². The van der Waals surface area contributed by atoms with Crippen LogP contribution in [0.5, 0.6) is 0 Å². The zero-order valence-corrected chi connectivity index (χ0v) is 20.5. The fourth-order valence-corrected chi connectivity index (χ4v) is 5.08. The van der Waals surface area contributed by atoms with Crippen molar-refractivity contribution in [2.24, 2.45) is 0 Å². The summed E-state index contributed by atoms with van der Waals surface area (Å²) in [5.74, 6) is -0.262. The highest BCUT2D eigenvalue weighted by Crippen LogP contribution is 2.35. The van der Waals surface area contributed by atoms with Gasteiger partial charge in [0.05, 0.1) is 11.4 Å². The van der Waals surface area contributed by atoms with Crippen molar-refractivity contribution < 1.29 is 9.59 Å². The zero-order valence-electron chi connectivity index (χ0n) is 17.4. The molecule has 1 aliphatic rings. The van der Waals surface area contributed by atoms with Crippen LogP contribution in [-0.2, 0) is 17.9 Å². The summed E-state index contributed by atoms with van der Waals surface area (Å²) in [6, 6.07) is 23.4. The van der Waals surface area contributed by atoms with Crippen molar-refractivity contribution in [3.63, 3.8) is 0 Å². The first-order valence-corrected chi connectivity index (χ1v) is 12.3. The Labute approximate surface area is 209 Å². The maximum atomic E-state index is 13.0. The van der Waals surface area contributed by atoms with Crippen LogP contribution in [0.3, 0.4) is 0 Å². The summed E-state index contributed by atoms with van der Waals surface area (Å²) >= 11 is 10.4. The lowest BCUT2D eigenvalue weighted by Gasteiger charge is -2.12. The van der Waals surface area contributed by atoms with Crippen molar-refractivity contribution in [1.82, 2.24) is 9.47 Å². The maximum absolute atomic E-state index is 13.0. The van der Waals surface area contributed by atoms with E-state index in [1.54, 1.807) is 0 Å². The minimum absolute atomic E-state index is 0.251. The summed E-state index contributed by atoms with van der Waals surface area (Å²) in [7, 11) is 0. The van der Waals surface area contributed by atoms with E-state index in [0.717, 1.165) is 43.8 Å². The first-order valence-electron chi connectivity index (χ1n) is 10.3. The molecular weight excluding hydrogens is 520 g/mol. The second-order valence-corrected chi connectivity index (χ2v) is 10.1. The quantitative estimate of drug-likeness (QED) is 0.250. The molecule has 0 spiro atoms. The van der Waals surface area contributed by atoms with E-state index in [0.29, 0.717) is 16.5 Å². The van der Waals surface area contributed by atoms with Gasteiger partial charge in [-0.1, -0.05) is 70.0 Å². The summed E-state index contributed by atoms with van der Waals surface area (Å²) in [5, 5.41) is 1.49. The highest BCUT2D eigenvalue weighted by Gasteiger charge is 2.35. The first-order chi connectivity index (χ1) is 16.0. The number of carbonyl (C=O) groups is 2. The van der Waals surface area contributed by atoms with E-state index in [9.17, 15) is 9.59 Å². The molecule has 0 aliphatic carbocycles. The van der Waals surface area contributed by atoms with Gasteiger partial charge in [-0.2, -0.15) is 0 Å². The monoisotopic (exact) mass is 536 g/mol. The Morgan fingerprint density at radius 1 is 0.879 bits per heavy atom. The Balaban J connectivity index is 1.45. The van der Waals surface area contributed by atoms with Gasteiger partial charge in [0, 0.05) is 38.7 Å². The smallest absolute Gasteiger partial charge is 0.293 e. The molecule has 2 amide bonds. The number of hydrogen-bond acceptors (Lipinski definition) is 3. The number of amides is 2. The molecule has 5 rings (SSSR count). The fraction of sp³-hybridized carbons (Fsp3) is 0.0769. The summed E-state index contributed by atoms with van der Waals surface area (Å²) in [6.45, 7) is 0.935. The number of fused-ring (bicyclic) bond motifs is 1. The second kappa shape index (κ2) is 9.21. The third-order valence-electron chi connectivity index (χ3n) is 5.50. The molecule has 4 nitrogen and oxygen atoms in total. The first kappa shape index (κ1) is 22.0. The molecule has 1 fully saturated rings. The van der Waals surface area contributed by atoms with Crippen molar-refractivity contribution in [2.45, 2.75) is 13.1 Å². The lowest BCUT2D eigenvalue weighted by Crippen LogP contribution is -2.27. The standard InChI is InChI=1S/C26H18BrClN2O2S/c27-20-9-5-18(6-10-20)15-30-25(31)24(33-26(30)32)13-19-16-29(23-4-2-1-3-22(19)23)14-17-7-11-21(28)12-8-17/h1-13,16H,14-15H2/b24-13+. The van der Waals surface area contributed by atoms with Crippen molar-refractivity contribution in [2.75, 3.05) is 0 Å². The normalized spacial score (nSPS) is 15.2. The highest BCUT2D eigenvalue weighted by atomic mass is 79.9. The molecule has 0 bridgehead atoms. The minimum Gasteiger partial charge on any atom is -0.342 e. The molecule has 7 heteroatoms. The number of para-hydroxylation sites is 1. The molecule has 164 valence electrons. The summed E-state index contributed by atoms with van der Waals surface area (Å²) < 4.78 is 3.10. The number of rotatable bonds is 5. The highest BCUT2D eigenvalue weighted by molar-refractivity contribution is 9.10. The SMILES string of the molecule is O=C1S/C(=C/c2cn(Cc3ccc(Cl)cc3)c3ccccc23)C(=O)N1Cc1ccc(Br)cc1. The lowest BCUT2D eigenvalue weighted by atomic mass is 10.1. The largest absolute Gasteiger partial charge is 0.342 e. The number of carbonyl (C=O) groups excluding carboxylic acids is 2. The summed E-state index contributed by atoms with van der Waals surface area (Å²) in [4.78, 5) is 27.4. The number of benzene rings is 3. The van der Waals surface area contributed by atoms with E-state index in [4.69, 9.17) is 11.6 Å². The van der Waals surface area contributed by atoms with E-state index < -0.39 is 0 Å². The third-order valence-corrected chi connectivity index (χ3v) is 7.19. The van der Waals surface area contributed by atoms with Gasteiger partial charge in [0.15, 0.2) is 0 Å². The molecule has 1 saturated heterocycles. The Bertz CT molecular complexity index is 1390. The van der Waals surface area contributed by atoms with E-state index in [1.807, 2.05) is 79.0 Å². The lowest BCUT2D eigenvalue weighted by molar-refractivity contribution is -0.123. The third kappa shape index (κ3) is 4.64. The van der Waals surface area contributed by atoms with Gasteiger partial charge in [-0.25, -0.2) is 0 Å². The number of hydrogen-bond donors (Lipinski definition) is 0. The topological polar surface area (TPSA) is 42.3 Å². The van der Waals surface area contributed by atoms with Crippen molar-refractivity contribution in [3.05, 3.63) is 110 Å². The Hall–Kier alpha value is -2.80. The number of thioether (sulfide) groups is 1. The van der Waals surface area contributed by atoms with Crippen LogP contribution in [-0.4, -0.2) is 20.6 Å². The van der Waals surface area contributed by atoms with Gasteiger partial charge in [0.2, 0.25) is 0 Å². The molecule has 1 aromatic heterocycles. The van der Waals surface area contributed by atoms with Crippen molar-refractivity contribution >= 4 is 67.4 Å². The minimum atomic E-state index is -0.262. The number of imide groups is 1. The molecular formula is C26H18BrClN2O2S. The molecule has 0 radical (unpaired) electrons. The van der Waals surface area contributed by atoms with Crippen LogP contribution in [0.25, 0.3) is 17.0 Å². The number of aromatic nitrogens is 1. The molecule has 0 saturated carbocycles. The van der Waals surface area contributed by atoms with Crippen LogP contribution in [0.1, 0.15) is 16.7 Å². The average Bonchev–Trinajstić information content (AvgIpc) is 3.29. The Kier molecular flexibility index (Phi) is 6.15. The van der Waals surface area contributed by atoms with Gasteiger partial charge in [-0.3, -0.25) is 14.5 Å². The van der Waals surface area contributed by atoms with Crippen LogP contribution >= 0.6 is 39.3 Å². The van der Waals surface area contributed by atoms with E-state index in [-0.39, 0.29) is 17.7 Å². The van der Waals surface area contributed by atoms with Gasteiger partial charge in [-0.05, 0) is 59.3 Å². The van der Waals surface area contributed by atoms with Gasteiger partial charge in [0.1, 0.15) is 0 Å². The van der Waals surface area contributed by atoms with E-state index >= 15 is 0 Å². The molecule has 3 aromatic carbocycles. The predicted molar refractivity (Wildman–Crippen MR) is 138 cm³/mol. The Morgan fingerprint density at radius 2 is 1.55 bits per heavy atom. The zero-order chi connectivity index (χ0) is 22.9. The molecule has 4 aromatic rings. The fourth-order valence-electron chi connectivity index (χ4n) is 3.86. The van der Waals surface area contributed by atoms with Crippen molar-refractivity contribution in [1.29, 1.82) is 0 Å². The van der Waals surface area contributed by atoms with E-state index in [1.165, 1.54) is 4.90 Å². The molecule has 0 unspecified atom stereocenters. The number of halogens is 2. The Morgan fingerprint density at radius 3 is 2.30 bits per heavy atom. The second-order valence-electron chi connectivity index (χ2n) is 7.75. The van der Waals surface area contributed by atoms with Gasteiger partial charge < -0.3 is 4.57 Å². The summed E-state index contributed by atoms with van der Waals surface area (Å²) in [5.41, 5.74) is 4.00.